The van der Waals surface area contributed by atoms with Crippen molar-refractivity contribution in [2.24, 2.45) is 0 Å². The Morgan fingerprint density at radius 2 is 2.17 bits per heavy atom. The lowest BCUT2D eigenvalue weighted by Crippen LogP contribution is -2.46. The maximum atomic E-state index is 5.97. The second-order valence-electron chi connectivity index (χ2n) is 4.55. The standard InChI is InChI=1S/C13H16ClNO3/c1-16-11-4-2-3-10-7-15(9-14)8-13(12(10)11)17-5-6-18-13/h2-4H,5-9H2,1H3. The average molecular weight is 270 g/mol. The van der Waals surface area contributed by atoms with E-state index in [9.17, 15) is 0 Å². The minimum atomic E-state index is -0.713. The zero-order valence-electron chi connectivity index (χ0n) is 10.3. The third kappa shape index (κ3) is 1.80. The molecule has 0 aliphatic carbocycles. The third-order valence-corrected chi connectivity index (χ3v) is 3.80. The molecule has 1 aromatic rings. The molecule has 4 nitrogen and oxygen atoms in total. The van der Waals surface area contributed by atoms with Crippen molar-refractivity contribution in [1.82, 2.24) is 4.90 Å². The number of benzene rings is 1. The molecular formula is C13H16ClNO3. The minimum Gasteiger partial charge on any atom is -0.496 e. The minimum absolute atomic E-state index is 0.463. The van der Waals surface area contributed by atoms with Crippen molar-refractivity contribution in [3.63, 3.8) is 0 Å². The summed E-state index contributed by atoms with van der Waals surface area (Å²) >= 11 is 5.97. The zero-order chi connectivity index (χ0) is 12.6. The monoisotopic (exact) mass is 269 g/mol. The predicted octanol–water partition coefficient (Wildman–Crippen LogP) is 1.91. The van der Waals surface area contributed by atoms with Crippen LogP contribution in [-0.4, -0.2) is 37.8 Å². The highest BCUT2D eigenvalue weighted by Crippen LogP contribution is 2.43. The first-order valence-electron chi connectivity index (χ1n) is 6.02. The van der Waals surface area contributed by atoms with Crippen LogP contribution in [0.5, 0.6) is 5.75 Å². The fourth-order valence-corrected chi connectivity index (χ4v) is 2.92. The van der Waals surface area contributed by atoms with Crippen LogP contribution >= 0.6 is 11.6 Å². The predicted molar refractivity (Wildman–Crippen MR) is 67.7 cm³/mol. The highest BCUT2D eigenvalue weighted by Gasteiger charge is 2.46. The summed E-state index contributed by atoms with van der Waals surface area (Å²) in [6, 6.07) is 6.47. The molecule has 1 spiro atoms. The summed E-state index contributed by atoms with van der Waals surface area (Å²) < 4.78 is 17.2. The van der Waals surface area contributed by atoms with Crippen molar-refractivity contribution < 1.29 is 14.2 Å². The molecule has 0 radical (unpaired) electrons. The van der Waals surface area contributed by atoms with Gasteiger partial charge in [-0.1, -0.05) is 12.1 Å². The second-order valence-corrected chi connectivity index (χ2v) is 4.79. The lowest BCUT2D eigenvalue weighted by Gasteiger charge is -2.39. The molecule has 0 N–H and O–H groups in total. The Hall–Kier alpha value is -0.810. The van der Waals surface area contributed by atoms with E-state index in [2.05, 4.69) is 11.0 Å². The number of nitrogens with zero attached hydrogens (tertiary/aromatic N) is 1. The van der Waals surface area contributed by atoms with Crippen LogP contribution in [0.4, 0.5) is 0 Å². The molecule has 2 aliphatic rings. The topological polar surface area (TPSA) is 30.9 Å². The van der Waals surface area contributed by atoms with Gasteiger partial charge in [0.05, 0.1) is 38.4 Å². The van der Waals surface area contributed by atoms with Gasteiger partial charge >= 0.3 is 0 Å². The van der Waals surface area contributed by atoms with Crippen molar-refractivity contribution >= 4 is 11.6 Å². The molecule has 0 aromatic heterocycles. The van der Waals surface area contributed by atoms with Crippen LogP contribution in [0.3, 0.4) is 0 Å². The molecule has 18 heavy (non-hydrogen) atoms. The molecule has 0 bridgehead atoms. The van der Waals surface area contributed by atoms with Crippen LogP contribution < -0.4 is 4.74 Å². The summed E-state index contributed by atoms with van der Waals surface area (Å²) in [5, 5.41) is 0. The number of alkyl halides is 1. The van der Waals surface area contributed by atoms with Gasteiger partial charge in [0.1, 0.15) is 5.75 Å². The summed E-state index contributed by atoms with van der Waals surface area (Å²) in [6.45, 7) is 2.65. The Morgan fingerprint density at radius 3 is 2.83 bits per heavy atom. The van der Waals surface area contributed by atoms with Gasteiger partial charge in [0.15, 0.2) is 0 Å². The van der Waals surface area contributed by atoms with E-state index in [4.69, 9.17) is 25.8 Å². The molecule has 2 aliphatic heterocycles. The van der Waals surface area contributed by atoms with Crippen LogP contribution in [0, 0.1) is 0 Å². The third-order valence-electron chi connectivity index (χ3n) is 3.46. The molecule has 0 atom stereocenters. The van der Waals surface area contributed by atoms with Gasteiger partial charge in [-0.05, 0) is 11.6 Å². The van der Waals surface area contributed by atoms with E-state index in [1.807, 2.05) is 12.1 Å². The van der Waals surface area contributed by atoms with Crippen LogP contribution in [0.1, 0.15) is 11.1 Å². The molecule has 0 unspecified atom stereocenters. The van der Waals surface area contributed by atoms with E-state index in [1.54, 1.807) is 7.11 Å². The van der Waals surface area contributed by atoms with Crippen LogP contribution in [0.15, 0.2) is 18.2 Å². The number of hydrogen-bond donors (Lipinski definition) is 0. The summed E-state index contributed by atoms with van der Waals surface area (Å²) in [5.41, 5.74) is 2.18. The van der Waals surface area contributed by atoms with Gasteiger partial charge in [-0.15, -0.1) is 11.6 Å². The Kier molecular flexibility index (Phi) is 3.20. The molecule has 3 rings (SSSR count). The Bertz CT molecular complexity index is 446. The van der Waals surface area contributed by atoms with E-state index in [0.29, 0.717) is 25.8 Å². The SMILES string of the molecule is COc1cccc2c1C1(CN(CCl)C2)OCCO1. The molecule has 2 heterocycles. The molecule has 5 heteroatoms. The lowest BCUT2D eigenvalue weighted by atomic mass is 9.93. The largest absolute Gasteiger partial charge is 0.496 e. The van der Waals surface area contributed by atoms with Crippen LogP contribution in [0.25, 0.3) is 0 Å². The zero-order valence-corrected chi connectivity index (χ0v) is 11.1. The number of hydrogen-bond acceptors (Lipinski definition) is 4. The quantitative estimate of drug-likeness (QED) is 0.606. The number of ether oxygens (including phenoxy) is 3. The molecule has 98 valence electrons. The average Bonchev–Trinajstić information content (AvgIpc) is 2.86. The van der Waals surface area contributed by atoms with Crippen LogP contribution in [-0.2, 0) is 21.8 Å². The first kappa shape index (κ1) is 12.2. The summed E-state index contributed by atoms with van der Waals surface area (Å²) in [5.74, 6) is 0.110. The molecule has 1 saturated heterocycles. The van der Waals surface area contributed by atoms with Crippen molar-refractivity contribution in [3.8, 4) is 5.75 Å². The summed E-state index contributed by atoms with van der Waals surface area (Å²) in [4.78, 5) is 2.11. The molecule has 0 saturated carbocycles. The van der Waals surface area contributed by atoms with Gasteiger partial charge in [0, 0.05) is 6.54 Å². The second kappa shape index (κ2) is 4.70. The van der Waals surface area contributed by atoms with Crippen LogP contribution in [0.2, 0.25) is 0 Å². The first-order valence-corrected chi connectivity index (χ1v) is 6.55. The lowest BCUT2D eigenvalue weighted by molar-refractivity contribution is -0.186. The van der Waals surface area contributed by atoms with E-state index >= 15 is 0 Å². The van der Waals surface area contributed by atoms with E-state index in [1.165, 1.54) is 0 Å². The van der Waals surface area contributed by atoms with E-state index in [-0.39, 0.29) is 0 Å². The Balaban J connectivity index is 2.12. The number of rotatable bonds is 2. The Morgan fingerprint density at radius 1 is 1.39 bits per heavy atom. The fraction of sp³-hybridized carbons (Fsp3) is 0.538. The molecule has 1 aromatic carbocycles. The van der Waals surface area contributed by atoms with Crippen molar-refractivity contribution in [3.05, 3.63) is 29.3 Å². The maximum Gasteiger partial charge on any atom is 0.212 e. The van der Waals surface area contributed by atoms with E-state index < -0.39 is 5.79 Å². The number of methoxy groups -OCH3 is 1. The van der Waals surface area contributed by atoms with Crippen molar-refractivity contribution in [1.29, 1.82) is 0 Å². The van der Waals surface area contributed by atoms with Gasteiger partial charge in [-0.3, -0.25) is 4.90 Å². The van der Waals surface area contributed by atoms with Gasteiger partial charge < -0.3 is 14.2 Å². The Labute approximate surface area is 111 Å². The summed E-state index contributed by atoms with van der Waals surface area (Å²) in [7, 11) is 1.67. The van der Waals surface area contributed by atoms with Gasteiger partial charge in [0.2, 0.25) is 5.79 Å². The highest BCUT2D eigenvalue weighted by molar-refractivity contribution is 6.17. The van der Waals surface area contributed by atoms with Crippen molar-refractivity contribution in [2.45, 2.75) is 12.3 Å². The van der Waals surface area contributed by atoms with Gasteiger partial charge in [-0.2, -0.15) is 0 Å². The van der Waals surface area contributed by atoms with Crippen molar-refractivity contribution in [2.75, 3.05) is 32.9 Å². The first-order chi connectivity index (χ1) is 8.79. The smallest absolute Gasteiger partial charge is 0.212 e. The summed E-state index contributed by atoms with van der Waals surface area (Å²) in [6.07, 6.45) is 0. The van der Waals surface area contributed by atoms with Gasteiger partial charge in [-0.25, -0.2) is 0 Å². The number of halogens is 1. The molecular weight excluding hydrogens is 254 g/mol. The maximum absolute atomic E-state index is 5.97. The highest BCUT2D eigenvalue weighted by atomic mass is 35.5. The fourth-order valence-electron chi connectivity index (χ4n) is 2.76. The van der Waals surface area contributed by atoms with E-state index in [0.717, 1.165) is 23.4 Å². The molecule has 1 fully saturated rings. The number of fused-ring (bicyclic) bond motifs is 2. The molecule has 0 amide bonds. The van der Waals surface area contributed by atoms with Gasteiger partial charge in [0.25, 0.3) is 0 Å². The normalized spacial score (nSPS) is 22.1.